The first kappa shape index (κ1) is 17.0. The molecule has 0 aromatic carbocycles. The third-order valence-electron chi connectivity index (χ3n) is 2.40. The maximum atomic E-state index is 8.00. The van der Waals surface area contributed by atoms with Crippen LogP contribution in [0.15, 0.2) is 0 Å². The Balaban J connectivity index is 0. The highest BCUT2D eigenvalue weighted by Gasteiger charge is 2.25. The number of ether oxygens (including phenoxy) is 1. The van der Waals surface area contributed by atoms with Gasteiger partial charge in [0.05, 0.1) is 12.2 Å². The van der Waals surface area contributed by atoms with Crippen LogP contribution in [0.3, 0.4) is 0 Å². The highest BCUT2D eigenvalue weighted by molar-refractivity contribution is 5.10. The van der Waals surface area contributed by atoms with Crippen molar-refractivity contribution < 1.29 is 9.53 Å². The molecule has 0 amide bonds. The molecule has 0 spiro atoms. The van der Waals surface area contributed by atoms with Gasteiger partial charge in [0.25, 0.3) is 0 Å². The normalized spacial score (nSPS) is 29.7. The maximum Gasteiger partial charge on any atom is 0.106 e. The Kier molecular flexibility index (Phi) is 11.5. The van der Waals surface area contributed by atoms with Crippen LogP contribution in [0.25, 0.3) is 0 Å². The zero-order valence-corrected chi connectivity index (χ0v) is 11.1. The highest BCUT2D eigenvalue weighted by Crippen LogP contribution is 2.21. The van der Waals surface area contributed by atoms with E-state index in [2.05, 4.69) is 32.8 Å². The zero-order chi connectivity index (χ0) is 12.4. The summed E-state index contributed by atoms with van der Waals surface area (Å²) < 4.78 is 5.64. The van der Waals surface area contributed by atoms with Crippen molar-refractivity contribution in [3.8, 4) is 0 Å². The number of nitrogens with zero attached hydrogens (tertiary/aromatic N) is 1. The second kappa shape index (κ2) is 10.1. The first-order valence-corrected chi connectivity index (χ1v) is 5.70. The van der Waals surface area contributed by atoms with Gasteiger partial charge in [-0.15, -0.1) is 0 Å². The van der Waals surface area contributed by atoms with Crippen molar-refractivity contribution in [3.05, 3.63) is 0 Å². The van der Waals surface area contributed by atoms with E-state index in [1.54, 1.807) is 0 Å². The Morgan fingerprint density at radius 2 is 1.40 bits per heavy atom. The smallest absolute Gasteiger partial charge is 0.106 e. The lowest BCUT2D eigenvalue weighted by molar-refractivity contribution is -0.0980. The van der Waals surface area contributed by atoms with Gasteiger partial charge in [-0.2, -0.15) is 0 Å². The molecule has 0 bridgehead atoms. The molecule has 2 unspecified atom stereocenters. The molecule has 15 heavy (non-hydrogen) atoms. The summed E-state index contributed by atoms with van der Waals surface area (Å²) >= 11 is 0. The van der Waals surface area contributed by atoms with Gasteiger partial charge in [-0.05, 0) is 40.8 Å². The molecule has 1 aliphatic heterocycles. The topological polar surface area (TPSA) is 29.5 Å². The molecule has 0 radical (unpaired) electrons. The Morgan fingerprint density at radius 3 is 1.67 bits per heavy atom. The monoisotopic (exact) mass is 217 g/mol. The van der Waals surface area contributed by atoms with E-state index < -0.39 is 0 Å². The number of rotatable bonds is 1. The molecule has 0 aromatic rings. The molecule has 2 atom stereocenters. The minimum Gasteiger partial charge on any atom is -0.375 e. The zero-order valence-electron chi connectivity index (χ0n) is 11.1. The van der Waals surface area contributed by atoms with Crippen LogP contribution in [0.2, 0.25) is 0 Å². The molecule has 92 valence electrons. The summed E-state index contributed by atoms with van der Waals surface area (Å²) in [7, 11) is 4.30. The van der Waals surface area contributed by atoms with E-state index in [-0.39, 0.29) is 0 Å². The Hall–Kier alpha value is -0.410. The molecule has 1 aliphatic rings. The van der Waals surface area contributed by atoms with Gasteiger partial charge in [-0.3, -0.25) is 0 Å². The summed E-state index contributed by atoms with van der Waals surface area (Å²) in [6.07, 6.45) is 3.23. The Labute approximate surface area is 94.8 Å². The minimum absolute atomic E-state index is 0.436. The van der Waals surface area contributed by atoms with Crippen molar-refractivity contribution in [2.45, 2.75) is 58.8 Å². The van der Waals surface area contributed by atoms with Crippen LogP contribution in [-0.4, -0.2) is 44.0 Å². The lowest BCUT2D eigenvalue weighted by Gasteiger charge is -2.35. The molecule has 0 aromatic heterocycles. The van der Waals surface area contributed by atoms with Gasteiger partial charge in [-0.1, -0.05) is 13.8 Å². The van der Waals surface area contributed by atoms with Crippen LogP contribution in [0, 0.1) is 0 Å². The van der Waals surface area contributed by atoms with E-state index in [4.69, 9.17) is 9.53 Å². The van der Waals surface area contributed by atoms with Gasteiger partial charge >= 0.3 is 0 Å². The van der Waals surface area contributed by atoms with Crippen molar-refractivity contribution in [3.63, 3.8) is 0 Å². The lowest BCUT2D eigenvalue weighted by atomic mass is 9.99. The second-order valence-electron chi connectivity index (χ2n) is 3.85. The quantitative estimate of drug-likeness (QED) is 0.675. The van der Waals surface area contributed by atoms with Crippen molar-refractivity contribution in [2.75, 3.05) is 14.1 Å². The summed E-state index contributed by atoms with van der Waals surface area (Å²) in [5.41, 5.74) is 0. The van der Waals surface area contributed by atoms with Gasteiger partial charge in [0, 0.05) is 6.04 Å². The largest absolute Gasteiger partial charge is 0.375 e. The molecule has 3 heteroatoms. The van der Waals surface area contributed by atoms with Gasteiger partial charge in [-0.25, -0.2) is 0 Å². The fourth-order valence-corrected chi connectivity index (χ4v) is 1.79. The van der Waals surface area contributed by atoms with Crippen LogP contribution < -0.4 is 0 Å². The van der Waals surface area contributed by atoms with Crippen LogP contribution >= 0.6 is 0 Å². The minimum atomic E-state index is 0.436. The first-order valence-electron chi connectivity index (χ1n) is 5.70. The van der Waals surface area contributed by atoms with Crippen molar-refractivity contribution in [1.29, 1.82) is 0 Å². The van der Waals surface area contributed by atoms with Crippen LogP contribution in [0.5, 0.6) is 0 Å². The predicted molar refractivity (Wildman–Crippen MR) is 65.2 cm³/mol. The summed E-state index contributed by atoms with van der Waals surface area (Å²) in [4.78, 5) is 10.3. The molecule has 1 rings (SSSR count). The summed E-state index contributed by atoms with van der Waals surface area (Å²) in [6.45, 7) is 10.3. The van der Waals surface area contributed by atoms with Gasteiger partial charge in [0.15, 0.2) is 0 Å². The molecular weight excluding hydrogens is 190 g/mol. The van der Waals surface area contributed by atoms with Crippen LogP contribution in [-0.2, 0) is 9.53 Å². The first-order chi connectivity index (χ1) is 7.09. The van der Waals surface area contributed by atoms with Gasteiger partial charge < -0.3 is 14.4 Å². The summed E-state index contributed by atoms with van der Waals surface area (Å²) in [5, 5.41) is 0. The lowest BCUT2D eigenvalue weighted by Crippen LogP contribution is -2.40. The van der Waals surface area contributed by atoms with E-state index in [1.807, 2.05) is 20.6 Å². The molecule has 0 aliphatic carbocycles. The highest BCUT2D eigenvalue weighted by atomic mass is 16.5. The molecule has 0 saturated carbocycles. The molecule has 1 heterocycles. The average Bonchev–Trinajstić information content (AvgIpc) is 2.22. The number of carbonyl (C=O) groups excluding carboxylic acids is 1. The number of carbonyl (C=O) groups is 1. The standard InChI is InChI=1S/C9H19NO.C2H6.CH2O/c1-7-5-9(10(3)4)6-8(2)11-7;2*1-2/h7-9H,5-6H2,1-4H3;1-2H3;1H2. The molecule has 0 N–H and O–H groups in total. The average molecular weight is 217 g/mol. The van der Waals surface area contributed by atoms with Crippen molar-refractivity contribution >= 4 is 6.79 Å². The maximum absolute atomic E-state index is 8.00. The van der Waals surface area contributed by atoms with E-state index in [9.17, 15) is 0 Å². The van der Waals surface area contributed by atoms with Crippen molar-refractivity contribution in [1.82, 2.24) is 4.90 Å². The van der Waals surface area contributed by atoms with Crippen molar-refractivity contribution in [2.24, 2.45) is 0 Å². The van der Waals surface area contributed by atoms with E-state index in [0.29, 0.717) is 18.2 Å². The van der Waals surface area contributed by atoms with Gasteiger partial charge in [0.1, 0.15) is 6.79 Å². The Morgan fingerprint density at radius 1 is 1.07 bits per heavy atom. The Bertz CT molecular complexity index is 130. The fourth-order valence-electron chi connectivity index (χ4n) is 1.79. The molecular formula is C12H27NO2. The fraction of sp³-hybridized carbons (Fsp3) is 0.917. The summed E-state index contributed by atoms with van der Waals surface area (Å²) in [6, 6.07) is 0.716. The molecule has 1 fully saturated rings. The number of hydrogen-bond acceptors (Lipinski definition) is 3. The van der Waals surface area contributed by atoms with E-state index in [1.165, 1.54) is 12.8 Å². The third kappa shape index (κ3) is 7.51. The molecule has 3 nitrogen and oxygen atoms in total. The van der Waals surface area contributed by atoms with E-state index >= 15 is 0 Å². The SMILES string of the molecule is C=O.CC.CC1CC(N(C)C)CC(C)O1. The van der Waals surface area contributed by atoms with E-state index in [0.717, 1.165) is 0 Å². The third-order valence-corrected chi connectivity index (χ3v) is 2.40. The summed E-state index contributed by atoms with van der Waals surface area (Å²) in [5.74, 6) is 0. The van der Waals surface area contributed by atoms with Crippen LogP contribution in [0.1, 0.15) is 40.5 Å². The predicted octanol–water partition coefficient (Wildman–Crippen LogP) is 2.35. The second-order valence-corrected chi connectivity index (χ2v) is 3.85. The van der Waals surface area contributed by atoms with Crippen LogP contribution in [0.4, 0.5) is 0 Å². The molecule has 1 saturated heterocycles. The van der Waals surface area contributed by atoms with Gasteiger partial charge in [0.2, 0.25) is 0 Å². The number of hydrogen-bond donors (Lipinski definition) is 0.